The van der Waals surface area contributed by atoms with Crippen molar-refractivity contribution in [3.8, 4) is 5.75 Å². The molecule has 0 radical (unpaired) electrons. The number of ether oxygens (including phenoxy) is 1. The summed E-state index contributed by atoms with van der Waals surface area (Å²) in [6, 6.07) is 16.0. The number of thiocarbonyl (C=S) groups is 1. The van der Waals surface area contributed by atoms with Crippen LogP contribution in [0.3, 0.4) is 0 Å². The predicted molar refractivity (Wildman–Crippen MR) is 91.8 cm³/mol. The number of para-hydroxylation sites is 1. The summed E-state index contributed by atoms with van der Waals surface area (Å²) in [5, 5.41) is 0. The van der Waals surface area contributed by atoms with Crippen molar-refractivity contribution in [2.75, 3.05) is 0 Å². The molecule has 0 aliphatic carbocycles. The highest BCUT2D eigenvalue weighted by Gasteiger charge is 2.18. The fraction of sp³-hybridized carbons (Fsp3) is 0.278. The first kappa shape index (κ1) is 15.5. The van der Waals surface area contributed by atoms with Crippen molar-refractivity contribution in [3.05, 3.63) is 65.2 Å². The van der Waals surface area contributed by atoms with Gasteiger partial charge in [0.15, 0.2) is 0 Å². The molecule has 2 rings (SSSR count). The molecular formula is C18H21NOS. The van der Waals surface area contributed by atoms with Crippen LogP contribution in [0.4, 0.5) is 0 Å². The summed E-state index contributed by atoms with van der Waals surface area (Å²) in [5.41, 5.74) is 8.85. The number of nitrogens with two attached hydrogens (primary N) is 1. The lowest BCUT2D eigenvalue weighted by Gasteiger charge is -2.22. The average molecular weight is 299 g/mol. The fourth-order valence-corrected chi connectivity index (χ4v) is 2.27. The Morgan fingerprint density at radius 1 is 1.05 bits per heavy atom. The lowest BCUT2D eigenvalue weighted by Crippen LogP contribution is -2.13. The van der Waals surface area contributed by atoms with Gasteiger partial charge in [0, 0.05) is 5.56 Å². The quantitative estimate of drug-likeness (QED) is 0.859. The third-order valence-corrected chi connectivity index (χ3v) is 3.56. The van der Waals surface area contributed by atoms with Crippen LogP contribution in [0.2, 0.25) is 0 Å². The molecule has 0 aliphatic rings. The van der Waals surface area contributed by atoms with Crippen LogP contribution in [0.5, 0.6) is 5.75 Å². The van der Waals surface area contributed by atoms with Crippen LogP contribution in [-0.2, 0) is 12.0 Å². The second-order valence-corrected chi connectivity index (χ2v) is 6.54. The summed E-state index contributed by atoms with van der Waals surface area (Å²) in [7, 11) is 0. The maximum absolute atomic E-state index is 5.99. The average Bonchev–Trinajstić information content (AvgIpc) is 2.45. The van der Waals surface area contributed by atoms with Gasteiger partial charge in [-0.05, 0) is 22.6 Å². The molecule has 2 nitrogen and oxygen atoms in total. The first-order chi connectivity index (χ1) is 9.88. The Balaban J connectivity index is 2.12. The van der Waals surface area contributed by atoms with Crippen LogP contribution >= 0.6 is 12.2 Å². The highest BCUT2D eigenvalue weighted by Crippen LogP contribution is 2.31. The zero-order valence-electron chi connectivity index (χ0n) is 12.7. The van der Waals surface area contributed by atoms with Crippen molar-refractivity contribution < 1.29 is 4.74 Å². The van der Waals surface area contributed by atoms with E-state index in [0.717, 1.165) is 16.9 Å². The minimum Gasteiger partial charge on any atom is -0.489 e. The van der Waals surface area contributed by atoms with Crippen LogP contribution in [0, 0.1) is 0 Å². The van der Waals surface area contributed by atoms with E-state index in [2.05, 4.69) is 26.8 Å². The monoisotopic (exact) mass is 299 g/mol. The van der Waals surface area contributed by atoms with E-state index in [0.29, 0.717) is 11.6 Å². The summed E-state index contributed by atoms with van der Waals surface area (Å²) < 4.78 is 5.99. The molecule has 0 aliphatic heterocycles. The molecule has 0 atom stereocenters. The molecule has 0 saturated carbocycles. The zero-order chi connectivity index (χ0) is 15.5. The van der Waals surface area contributed by atoms with Gasteiger partial charge in [0.1, 0.15) is 17.3 Å². The number of hydrogen-bond acceptors (Lipinski definition) is 2. The van der Waals surface area contributed by atoms with Crippen LogP contribution in [0.1, 0.15) is 37.5 Å². The lowest BCUT2D eigenvalue weighted by molar-refractivity contribution is 0.297. The smallest absolute Gasteiger partial charge is 0.123 e. The van der Waals surface area contributed by atoms with Gasteiger partial charge < -0.3 is 10.5 Å². The fourth-order valence-electron chi connectivity index (χ4n) is 2.14. The van der Waals surface area contributed by atoms with E-state index in [-0.39, 0.29) is 5.41 Å². The molecule has 0 saturated heterocycles. The molecule has 0 spiro atoms. The van der Waals surface area contributed by atoms with Crippen molar-refractivity contribution in [1.82, 2.24) is 0 Å². The maximum atomic E-state index is 5.99. The van der Waals surface area contributed by atoms with Gasteiger partial charge >= 0.3 is 0 Å². The minimum atomic E-state index is 0.0617. The van der Waals surface area contributed by atoms with Crippen molar-refractivity contribution >= 4 is 17.2 Å². The molecule has 0 heterocycles. The van der Waals surface area contributed by atoms with Gasteiger partial charge in [0.25, 0.3) is 0 Å². The molecule has 2 N–H and O–H groups in total. The predicted octanol–water partition coefficient (Wildman–Crippen LogP) is 4.20. The molecule has 3 heteroatoms. The lowest BCUT2D eigenvalue weighted by atomic mass is 9.86. The van der Waals surface area contributed by atoms with Gasteiger partial charge in [-0.3, -0.25) is 0 Å². The van der Waals surface area contributed by atoms with Crippen LogP contribution in [0.15, 0.2) is 48.5 Å². The van der Waals surface area contributed by atoms with E-state index in [4.69, 9.17) is 22.7 Å². The molecule has 0 aromatic heterocycles. The van der Waals surface area contributed by atoms with E-state index in [1.54, 1.807) is 0 Å². The Morgan fingerprint density at radius 3 is 2.24 bits per heavy atom. The van der Waals surface area contributed by atoms with Crippen molar-refractivity contribution in [1.29, 1.82) is 0 Å². The third kappa shape index (κ3) is 4.05. The van der Waals surface area contributed by atoms with Crippen molar-refractivity contribution in [2.45, 2.75) is 32.8 Å². The Morgan fingerprint density at radius 2 is 1.67 bits per heavy atom. The van der Waals surface area contributed by atoms with Crippen LogP contribution in [0.25, 0.3) is 0 Å². The SMILES string of the molecule is CC(C)(C)c1ccccc1OCc1ccc(C(N)=S)cc1. The number of rotatable bonds is 4. The summed E-state index contributed by atoms with van der Waals surface area (Å²) in [6.07, 6.45) is 0. The Bertz CT molecular complexity index is 626. The van der Waals surface area contributed by atoms with Crippen molar-refractivity contribution in [3.63, 3.8) is 0 Å². The second kappa shape index (κ2) is 6.27. The maximum Gasteiger partial charge on any atom is 0.123 e. The van der Waals surface area contributed by atoms with Crippen LogP contribution in [-0.4, -0.2) is 4.99 Å². The second-order valence-electron chi connectivity index (χ2n) is 6.10. The number of hydrogen-bond donors (Lipinski definition) is 1. The van der Waals surface area contributed by atoms with E-state index in [9.17, 15) is 0 Å². The van der Waals surface area contributed by atoms with Crippen LogP contribution < -0.4 is 10.5 Å². The Labute approximate surface area is 131 Å². The topological polar surface area (TPSA) is 35.2 Å². The van der Waals surface area contributed by atoms with E-state index < -0.39 is 0 Å². The van der Waals surface area contributed by atoms with E-state index >= 15 is 0 Å². The van der Waals surface area contributed by atoms with E-state index in [1.807, 2.05) is 42.5 Å². The first-order valence-corrected chi connectivity index (χ1v) is 7.40. The zero-order valence-corrected chi connectivity index (χ0v) is 13.5. The molecule has 0 fully saturated rings. The standard InChI is InChI=1S/C18H21NOS/c1-18(2,3)15-6-4-5-7-16(15)20-12-13-8-10-14(11-9-13)17(19)21/h4-11H,12H2,1-3H3,(H2,19,21). The summed E-state index contributed by atoms with van der Waals surface area (Å²) >= 11 is 4.95. The van der Waals surface area contributed by atoms with Gasteiger partial charge in [-0.15, -0.1) is 0 Å². The molecule has 21 heavy (non-hydrogen) atoms. The van der Waals surface area contributed by atoms with E-state index in [1.165, 1.54) is 5.56 Å². The molecule has 2 aromatic carbocycles. The molecule has 2 aromatic rings. The third-order valence-electron chi connectivity index (χ3n) is 3.33. The van der Waals surface area contributed by atoms with Gasteiger partial charge in [0.05, 0.1) is 0 Å². The summed E-state index contributed by atoms with van der Waals surface area (Å²) in [5.74, 6) is 0.934. The van der Waals surface area contributed by atoms with Gasteiger partial charge in [0.2, 0.25) is 0 Å². The molecule has 0 unspecified atom stereocenters. The molecular weight excluding hydrogens is 278 g/mol. The highest BCUT2D eigenvalue weighted by atomic mass is 32.1. The Hall–Kier alpha value is -1.87. The first-order valence-electron chi connectivity index (χ1n) is 6.99. The molecule has 0 amide bonds. The minimum absolute atomic E-state index is 0.0617. The summed E-state index contributed by atoms with van der Waals surface area (Å²) in [4.78, 5) is 0.417. The normalized spacial score (nSPS) is 11.2. The van der Waals surface area contributed by atoms with Gasteiger partial charge in [-0.25, -0.2) is 0 Å². The molecule has 110 valence electrons. The number of benzene rings is 2. The van der Waals surface area contributed by atoms with Gasteiger partial charge in [-0.1, -0.05) is 75.5 Å². The summed E-state index contributed by atoms with van der Waals surface area (Å²) in [6.45, 7) is 7.09. The molecule has 0 bridgehead atoms. The Kier molecular flexibility index (Phi) is 4.63. The van der Waals surface area contributed by atoms with Gasteiger partial charge in [-0.2, -0.15) is 0 Å². The largest absolute Gasteiger partial charge is 0.489 e. The van der Waals surface area contributed by atoms with Crippen molar-refractivity contribution in [2.24, 2.45) is 5.73 Å². The highest BCUT2D eigenvalue weighted by molar-refractivity contribution is 7.80.